The molecule has 3 rings (SSSR count). The molecule has 92 valence electrons. The maximum absolute atomic E-state index is 11.4. The molecule has 1 unspecified atom stereocenters. The Kier molecular flexibility index (Phi) is 2.43. The zero-order valence-electron chi connectivity index (χ0n) is 10.0. The van der Waals surface area contributed by atoms with Crippen molar-refractivity contribution in [3.8, 4) is 0 Å². The van der Waals surface area contributed by atoms with Crippen molar-refractivity contribution in [2.45, 2.75) is 19.8 Å². The van der Waals surface area contributed by atoms with Gasteiger partial charge in [0, 0.05) is 38.2 Å². The van der Waals surface area contributed by atoms with E-state index in [4.69, 9.17) is 4.74 Å². The highest BCUT2D eigenvalue weighted by Gasteiger charge is 2.39. The molecule has 0 aromatic heterocycles. The van der Waals surface area contributed by atoms with E-state index in [-0.39, 0.29) is 5.97 Å². The first kappa shape index (κ1) is 10.8. The maximum Gasteiger partial charge on any atom is 0.365 e. The zero-order valence-corrected chi connectivity index (χ0v) is 10.0. The number of nitrogens with zero attached hydrogens (tertiary/aromatic N) is 2. The topological polar surface area (TPSA) is 53.9 Å². The zero-order chi connectivity index (χ0) is 11.9. The number of hydrogen-bond donors (Lipinski definition) is 1. The van der Waals surface area contributed by atoms with Gasteiger partial charge in [-0.25, -0.2) is 9.79 Å². The predicted molar refractivity (Wildman–Crippen MR) is 63.4 cm³/mol. The minimum Gasteiger partial charge on any atom is -0.407 e. The highest BCUT2D eigenvalue weighted by molar-refractivity contribution is 6.03. The van der Waals surface area contributed by atoms with Gasteiger partial charge in [0.2, 0.25) is 0 Å². The minimum atomic E-state index is -0.326. The molecule has 2 fully saturated rings. The summed E-state index contributed by atoms with van der Waals surface area (Å²) in [6, 6.07) is 0. The van der Waals surface area contributed by atoms with Crippen molar-refractivity contribution in [1.82, 2.24) is 10.2 Å². The lowest BCUT2D eigenvalue weighted by Gasteiger charge is -2.21. The number of carbonyl (C=O) groups is 1. The molecule has 17 heavy (non-hydrogen) atoms. The van der Waals surface area contributed by atoms with Gasteiger partial charge in [-0.15, -0.1) is 0 Å². The fourth-order valence-electron chi connectivity index (χ4n) is 2.90. The Balaban J connectivity index is 1.71. The third kappa shape index (κ3) is 1.95. The number of aliphatic imine (C=N–C) groups is 1. The number of likely N-dealkylation sites (tertiary alicyclic amines) is 1. The van der Waals surface area contributed by atoms with Gasteiger partial charge in [0.1, 0.15) is 0 Å². The molecule has 5 nitrogen and oxygen atoms in total. The van der Waals surface area contributed by atoms with E-state index in [1.54, 1.807) is 6.92 Å². The molecule has 2 saturated heterocycles. The van der Waals surface area contributed by atoms with E-state index >= 15 is 0 Å². The average molecular weight is 235 g/mol. The summed E-state index contributed by atoms with van der Waals surface area (Å²) in [6.45, 7) is 5.94. The van der Waals surface area contributed by atoms with E-state index in [9.17, 15) is 4.79 Å². The molecule has 1 atom stereocenters. The molecule has 0 bridgehead atoms. The molecule has 3 aliphatic rings. The summed E-state index contributed by atoms with van der Waals surface area (Å²) in [7, 11) is 0. The number of cyclic esters (lactones) is 1. The minimum absolute atomic E-state index is 0.326. The van der Waals surface area contributed by atoms with Crippen LogP contribution >= 0.6 is 0 Å². The molecular formula is C12H17N3O2. The summed E-state index contributed by atoms with van der Waals surface area (Å²) in [4.78, 5) is 17.7. The van der Waals surface area contributed by atoms with Gasteiger partial charge in [0.15, 0.2) is 11.6 Å². The molecular weight excluding hydrogens is 218 g/mol. The van der Waals surface area contributed by atoms with Crippen LogP contribution in [0.1, 0.15) is 19.8 Å². The fourth-order valence-corrected chi connectivity index (χ4v) is 2.90. The van der Waals surface area contributed by atoms with Crippen LogP contribution in [0.2, 0.25) is 0 Å². The molecule has 0 aromatic carbocycles. The van der Waals surface area contributed by atoms with Crippen LogP contribution in [-0.4, -0.2) is 42.9 Å². The second kappa shape index (κ2) is 3.84. The largest absolute Gasteiger partial charge is 0.407 e. The summed E-state index contributed by atoms with van der Waals surface area (Å²) >= 11 is 0. The Bertz CT molecular complexity index is 408. The second-order valence-corrected chi connectivity index (χ2v) is 5.18. The van der Waals surface area contributed by atoms with E-state index in [1.165, 1.54) is 12.8 Å². The first-order valence-electron chi connectivity index (χ1n) is 6.11. The van der Waals surface area contributed by atoms with E-state index in [0.29, 0.717) is 17.0 Å². The first-order valence-corrected chi connectivity index (χ1v) is 6.11. The van der Waals surface area contributed by atoms with E-state index in [2.05, 4.69) is 15.2 Å². The molecule has 3 aliphatic heterocycles. The summed E-state index contributed by atoms with van der Waals surface area (Å²) in [5.41, 5.74) is 0.851. The van der Waals surface area contributed by atoms with Crippen LogP contribution < -0.4 is 5.32 Å². The normalized spacial score (nSPS) is 34.9. The van der Waals surface area contributed by atoms with Gasteiger partial charge in [-0.2, -0.15) is 0 Å². The van der Waals surface area contributed by atoms with Crippen LogP contribution in [0.15, 0.2) is 16.9 Å². The summed E-state index contributed by atoms with van der Waals surface area (Å²) in [5.74, 6) is 0.116. The third-order valence-corrected chi connectivity index (χ3v) is 3.83. The number of rotatable bonds is 1. The maximum atomic E-state index is 11.4. The van der Waals surface area contributed by atoms with Crippen molar-refractivity contribution in [3.05, 3.63) is 11.9 Å². The predicted octanol–water partition coefficient (Wildman–Crippen LogP) is 0.488. The Morgan fingerprint density at radius 1 is 1.53 bits per heavy atom. The van der Waals surface area contributed by atoms with Crippen molar-refractivity contribution < 1.29 is 9.53 Å². The van der Waals surface area contributed by atoms with E-state index in [1.807, 2.05) is 6.20 Å². The number of ether oxygens (including phenoxy) is 1. The molecule has 1 spiro atoms. The molecule has 0 saturated carbocycles. The van der Waals surface area contributed by atoms with Gasteiger partial charge in [-0.1, -0.05) is 0 Å². The molecule has 0 radical (unpaired) electrons. The molecule has 1 N–H and O–H groups in total. The van der Waals surface area contributed by atoms with Crippen molar-refractivity contribution in [3.63, 3.8) is 0 Å². The lowest BCUT2D eigenvalue weighted by molar-refractivity contribution is -0.130. The summed E-state index contributed by atoms with van der Waals surface area (Å²) in [5, 5.41) is 3.42. The number of nitrogens with one attached hydrogen (secondary N) is 1. The highest BCUT2D eigenvalue weighted by atomic mass is 16.6. The molecule has 0 amide bonds. The van der Waals surface area contributed by atoms with Gasteiger partial charge in [0.25, 0.3) is 0 Å². The van der Waals surface area contributed by atoms with E-state index < -0.39 is 0 Å². The summed E-state index contributed by atoms with van der Waals surface area (Å²) in [6.07, 6.45) is 4.28. The van der Waals surface area contributed by atoms with Crippen LogP contribution in [0.5, 0.6) is 0 Å². The van der Waals surface area contributed by atoms with Crippen LogP contribution in [0, 0.1) is 5.41 Å². The van der Waals surface area contributed by atoms with Crippen molar-refractivity contribution in [2.75, 3.05) is 26.2 Å². The number of hydrogen-bond acceptors (Lipinski definition) is 5. The third-order valence-electron chi connectivity index (χ3n) is 3.83. The lowest BCUT2D eigenvalue weighted by Crippen LogP contribution is -2.27. The van der Waals surface area contributed by atoms with Crippen molar-refractivity contribution in [1.29, 1.82) is 0 Å². The fraction of sp³-hybridized carbons (Fsp3) is 0.667. The lowest BCUT2D eigenvalue weighted by atomic mass is 9.87. The molecule has 0 aromatic rings. The van der Waals surface area contributed by atoms with Crippen LogP contribution in [0.25, 0.3) is 0 Å². The van der Waals surface area contributed by atoms with Gasteiger partial charge < -0.3 is 15.0 Å². The highest BCUT2D eigenvalue weighted by Crippen LogP contribution is 2.36. The quantitative estimate of drug-likeness (QED) is 0.531. The average Bonchev–Trinajstić information content (AvgIpc) is 2.95. The monoisotopic (exact) mass is 235 g/mol. The Labute approximate surface area is 101 Å². The van der Waals surface area contributed by atoms with Gasteiger partial charge in [-0.05, 0) is 19.4 Å². The Morgan fingerprint density at radius 2 is 2.41 bits per heavy atom. The van der Waals surface area contributed by atoms with Gasteiger partial charge >= 0.3 is 5.97 Å². The van der Waals surface area contributed by atoms with Crippen LogP contribution in [0.4, 0.5) is 0 Å². The van der Waals surface area contributed by atoms with Crippen LogP contribution in [0.3, 0.4) is 0 Å². The van der Waals surface area contributed by atoms with Crippen molar-refractivity contribution in [2.24, 2.45) is 10.4 Å². The van der Waals surface area contributed by atoms with Crippen LogP contribution in [-0.2, 0) is 9.53 Å². The van der Waals surface area contributed by atoms with Gasteiger partial charge in [0.05, 0.1) is 0 Å². The Morgan fingerprint density at radius 3 is 3.06 bits per heavy atom. The van der Waals surface area contributed by atoms with Crippen molar-refractivity contribution >= 4 is 11.9 Å². The Hall–Kier alpha value is -1.36. The smallest absolute Gasteiger partial charge is 0.365 e. The second-order valence-electron chi connectivity index (χ2n) is 5.18. The number of esters is 1. The van der Waals surface area contributed by atoms with Gasteiger partial charge in [-0.3, -0.25) is 0 Å². The number of carbonyl (C=O) groups excluding carboxylic acids is 1. The summed E-state index contributed by atoms with van der Waals surface area (Å²) < 4.78 is 4.90. The van der Waals surface area contributed by atoms with E-state index in [0.717, 1.165) is 26.2 Å². The SMILES string of the molecule is CC1=NC(=CN2CCC3(CCNC3)C2)C(=O)O1. The first-order chi connectivity index (χ1) is 8.17. The molecule has 3 heterocycles. The molecule has 0 aliphatic carbocycles. The molecule has 5 heteroatoms. The standard InChI is InChI=1S/C12H17N3O2/c1-9-14-10(11(16)17-9)6-15-5-3-12(8-15)2-4-13-7-12/h6,13H,2-5,7-8H2,1H3.